The molecule has 1 rings (SSSR count). The summed E-state index contributed by atoms with van der Waals surface area (Å²) in [5, 5.41) is 0. The Bertz CT molecular complexity index is 443. The van der Waals surface area contributed by atoms with E-state index in [1.54, 1.807) is 6.92 Å². The van der Waals surface area contributed by atoms with E-state index in [0.29, 0.717) is 11.3 Å². The van der Waals surface area contributed by atoms with Crippen LogP contribution < -0.4 is 9.64 Å². The van der Waals surface area contributed by atoms with Crippen LogP contribution in [0.3, 0.4) is 0 Å². The third-order valence-electron chi connectivity index (χ3n) is 3.32. The van der Waals surface area contributed by atoms with Crippen molar-refractivity contribution in [3.8, 4) is 5.75 Å². The van der Waals surface area contributed by atoms with E-state index in [0.717, 1.165) is 13.1 Å². The molecule has 0 heterocycles. The van der Waals surface area contributed by atoms with E-state index in [4.69, 9.17) is 4.74 Å². The van der Waals surface area contributed by atoms with Crippen molar-refractivity contribution in [1.29, 1.82) is 0 Å². The topological polar surface area (TPSA) is 29.5 Å². The van der Waals surface area contributed by atoms with Crippen LogP contribution >= 0.6 is 0 Å². The van der Waals surface area contributed by atoms with Crippen LogP contribution in [0.5, 0.6) is 5.75 Å². The van der Waals surface area contributed by atoms with Crippen molar-refractivity contribution < 1.29 is 9.53 Å². The predicted molar refractivity (Wildman–Crippen MR) is 88.9 cm³/mol. The lowest BCUT2D eigenvalue weighted by Gasteiger charge is -2.24. The quantitative estimate of drug-likeness (QED) is 0.379. The van der Waals surface area contributed by atoms with E-state index in [1.807, 2.05) is 24.3 Å². The SMILES string of the molecule is C=C(C)C(=O)Oc1ccc(N(CCCC)CCCC)cc1. The molecule has 0 saturated heterocycles. The van der Waals surface area contributed by atoms with E-state index in [1.165, 1.54) is 31.4 Å². The molecule has 0 amide bonds. The highest BCUT2D eigenvalue weighted by atomic mass is 16.5. The molecule has 0 fully saturated rings. The molecular formula is C18H27NO2. The summed E-state index contributed by atoms with van der Waals surface area (Å²) >= 11 is 0. The first-order chi connectivity index (χ1) is 10.1. The molecule has 0 aliphatic heterocycles. The highest BCUT2D eigenvalue weighted by Crippen LogP contribution is 2.21. The second-order valence-electron chi connectivity index (χ2n) is 5.36. The second kappa shape index (κ2) is 9.22. The predicted octanol–water partition coefficient (Wildman–Crippen LogP) is 4.57. The Kier molecular flexibility index (Phi) is 7.59. The van der Waals surface area contributed by atoms with Crippen LogP contribution in [-0.4, -0.2) is 19.1 Å². The van der Waals surface area contributed by atoms with Gasteiger partial charge in [-0.2, -0.15) is 0 Å². The first kappa shape index (κ1) is 17.3. The van der Waals surface area contributed by atoms with Crippen molar-refractivity contribution in [3.05, 3.63) is 36.4 Å². The molecule has 21 heavy (non-hydrogen) atoms. The fourth-order valence-corrected chi connectivity index (χ4v) is 1.99. The molecule has 3 nitrogen and oxygen atoms in total. The van der Waals surface area contributed by atoms with Gasteiger partial charge in [0.25, 0.3) is 0 Å². The van der Waals surface area contributed by atoms with Crippen molar-refractivity contribution in [3.63, 3.8) is 0 Å². The lowest BCUT2D eigenvalue weighted by Crippen LogP contribution is -2.25. The Balaban J connectivity index is 2.71. The standard InChI is InChI=1S/C18H27NO2/c1-5-7-13-19(14-8-6-2)16-9-11-17(12-10-16)21-18(20)15(3)4/h9-12H,3,5-8,13-14H2,1-2,4H3. The van der Waals surface area contributed by atoms with E-state index < -0.39 is 0 Å². The van der Waals surface area contributed by atoms with Gasteiger partial charge in [0, 0.05) is 24.4 Å². The van der Waals surface area contributed by atoms with Crippen LogP contribution in [0.1, 0.15) is 46.5 Å². The smallest absolute Gasteiger partial charge is 0.338 e. The Morgan fingerprint density at radius 2 is 1.62 bits per heavy atom. The summed E-state index contributed by atoms with van der Waals surface area (Å²) < 4.78 is 5.22. The molecule has 0 saturated carbocycles. The third-order valence-corrected chi connectivity index (χ3v) is 3.32. The van der Waals surface area contributed by atoms with Crippen LogP contribution in [-0.2, 0) is 4.79 Å². The number of hydrogen-bond acceptors (Lipinski definition) is 3. The van der Waals surface area contributed by atoms with Gasteiger partial charge in [-0.1, -0.05) is 33.3 Å². The van der Waals surface area contributed by atoms with Gasteiger partial charge in [0.05, 0.1) is 0 Å². The van der Waals surface area contributed by atoms with Crippen LogP contribution in [0, 0.1) is 0 Å². The number of carbonyl (C=O) groups is 1. The van der Waals surface area contributed by atoms with Crippen molar-refractivity contribution >= 4 is 11.7 Å². The van der Waals surface area contributed by atoms with Gasteiger partial charge >= 0.3 is 5.97 Å². The Labute approximate surface area is 128 Å². The molecule has 0 radical (unpaired) electrons. The highest BCUT2D eigenvalue weighted by Gasteiger charge is 2.08. The van der Waals surface area contributed by atoms with Gasteiger partial charge < -0.3 is 9.64 Å². The van der Waals surface area contributed by atoms with E-state index in [-0.39, 0.29) is 5.97 Å². The van der Waals surface area contributed by atoms with Gasteiger partial charge in [0.1, 0.15) is 5.75 Å². The van der Waals surface area contributed by atoms with Gasteiger partial charge in [-0.25, -0.2) is 4.79 Å². The molecule has 0 aliphatic carbocycles. The van der Waals surface area contributed by atoms with Crippen LogP contribution in [0.4, 0.5) is 5.69 Å². The first-order valence-electron chi connectivity index (χ1n) is 7.81. The zero-order valence-corrected chi connectivity index (χ0v) is 13.5. The summed E-state index contributed by atoms with van der Waals surface area (Å²) in [4.78, 5) is 13.9. The number of nitrogens with zero attached hydrogens (tertiary/aromatic N) is 1. The number of carbonyl (C=O) groups excluding carboxylic acids is 1. The maximum Gasteiger partial charge on any atom is 0.338 e. The number of unbranched alkanes of at least 4 members (excludes halogenated alkanes) is 2. The summed E-state index contributed by atoms with van der Waals surface area (Å²) in [6.45, 7) is 11.8. The summed E-state index contributed by atoms with van der Waals surface area (Å²) in [5.74, 6) is 0.189. The maximum atomic E-state index is 11.5. The van der Waals surface area contributed by atoms with Gasteiger partial charge in [-0.15, -0.1) is 0 Å². The normalized spacial score (nSPS) is 10.2. The number of hydrogen-bond donors (Lipinski definition) is 0. The number of anilines is 1. The molecule has 0 spiro atoms. The number of rotatable bonds is 9. The van der Waals surface area contributed by atoms with Gasteiger partial charge in [-0.3, -0.25) is 0 Å². The molecule has 0 bridgehead atoms. The fraction of sp³-hybridized carbons (Fsp3) is 0.500. The molecular weight excluding hydrogens is 262 g/mol. The minimum atomic E-state index is -0.378. The summed E-state index contributed by atoms with van der Waals surface area (Å²) in [6.07, 6.45) is 4.76. The molecule has 1 aromatic carbocycles. The zero-order valence-electron chi connectivity index (χ0n) is 13.5. The molecule has 3 heteroatoms. The van der Waals surface area contributed by atoms with Crippen LogP contribution in [0.2, 0.25) is 0 Å². The minimum Gasteiger partial charge on any atom is -0.423 e. The Hall–Kier alpha value is -1.77. The number of esters is 1. The molecule has 116 valence electrons. The zero-order chi connectivity index (χ0) is 15.7. The molecule has 0 aliphatic rings. The summed E-state index contributed by atoms with van der Waals surface area (Å²) in [7, 11) is 0. The average Bonchev–Trinajstić information content (AvgIpc) is 2.48. The molecule has 0 atom stereocenters. The number of benzene rings is 1. The fourth-order valence-electron chi connectivity index (χ4n) is 1.99. The number of ether oxygens (including phenoxy) is 1. The first-order valence-corrected chi connectivity index (χ1v) is 7.81. The second-order valence-corrected chi connectivity index (χ2v) is 5.36. The molecule has 0 N–H and O–H groups in total. The summed E-state index contributed by atoms with van der Waals surface area (Å²) in [6, 6.07) is 7.74. The van der Waals surface area contributed by atoms with E-state index in [2.05, 4.69) is 25.3 Å². The summed E-state index contributed by atoms with van der Waals surface area (Å²) in [5.41, 5.74) is 1.60. The lowest BCUT2D eigenvalue weighted by molar-refractivity contribution is -0.130. The Morgan fingerprint density at radius 1 is 1.10 bits per heavy atom. The van der Waals surface area contributed by atoms with Gasteiger partial charge in [0.15, 0.2) is 0 Å². The van der Waals surface area contributed by atoms with E-state index >= 15 is 0 Å². The lowest BCUT2D eigenvalue weighted by atomic mass is 10.2. The monoisotopic (exact) mass is 289 g/mol. The maximum absolute atomic E-state index is 11.5. The van der Waals surface area contributed by atoms with Crippen molar-refractivity contribution in [2.24, 2.45) is 0 Å². The molecule has 1 aromatic rings. The molecule has 0 unspecified atom stereocenters. The largest absolute Gasteiger partial charge is 0.423 e. The average molecular weight is 289 g/mol. The minimum absolute atomic E-state index is 0.378. The van der Waals surface area contributed by atoms with Crippen LogP contribution in [0.25, 0.3) is 0 Å². The van der Waals surface area contributed by atoms with Crippen molar-refractivity contribution in [1.82, 2.24) is 0 Å². The van der Waals surface area contributed by atoms with Crippen LogP contribution in [0.15, 0.2) is 36.4 Å². The van der Waals surface area contributed by atoms with Gasteiger partial charge in [0.2, 0.25) is 0 Å². The van der Waals surface area contributed by atoms with Crippen molar-refractivity contribution in [2.45, 2.75) is 46.5 Å². The van der Waals surface area contributed by atoms with Crippen molar-refractivity contribution in [2.75, 3.05) is 18.0 Å². The third kappa shape index (κ3) is 6.03. The Morgan fingerprint density at radius 3 is 2.05 bits per heavy atom. The molecule has 0 aromatic heterocycles. The highest BCUT2D eigenvalue weighted by molar-refractivity contribution is 5.88. The van der Waals surface area contributed by atoms with Gasteiger partial charge in [-0.05, 0) is 44.0 Å². The van der Waals surface area contributed by atoms with E-state index in [9.17, 15) is 4.79 Å².